The molecule has 7 nitrogen and oxygen atoms in total. The lowest BCUT2D eigenvalue weighted by atomic mass is 10.1. The minimum Gasteiger partial charge on any atom is -0.449 e. The fourth-order valence-corrected chi connectivity index (χ4v) is 4.07. The molecule has 4 rings (SSSR count). The molecule has 0 bridgehead atoms. The fourth-order valence-electron chi connectivity index (χ4n) is 4.07. The third kappa shape index (κ3) is 3.66. The first kappa shape index (κ1) is 19.6. The zero-order valence-corrected chi connectivity index (χ0v) is 16.1. The molecule has 0 amide bonds. The summed E-state index contributed by atoms with van der Waals surface area (Å²) in [5.74, 6) is -2.07. The van der Waals surface area contributed by atoms with Crippen molar-refractivity contribution in [1.29, 1.82) is 0 Å². The molecule has 2 aromatic rings. The zero-order valence-electron chi connectivity index (χ0n) is 16.1. The molecule has 1 aromatic heterocycles. The van der Waals surface area contributed by atoms with E-state index >= 15 is 4.39 Å². The van der Waals surface area contributed by atoms with Crippen molar-refractivity contribution in [1.82, 2.24) is 9.88 Å². The van der Waals surface area contributed by atoms with Crippen LogP contribution in [-0.4, -0.2) is 41.5 Å². The van der Waals surface area contributed by atoms with Gasteiger partial charge in [0.05, 0.1) is 17.1 Å². The first-order chi connectivity index (χ1) is 13.9. The van der Waals surface area contributed by atoms with Crippen molar-refractivity contribution < 1.29 is 23.4 Å². The number of pyridine rings is 1. The number of carboxylic acid groups (broad SMARTS) is 1. The van der Waals surface area contributed by atoms with Gasteiger partial charge >= 0.3 is 6.16 Å². The molecule has 0 spiro atoms. The number of benzene rings is 1. The topological polar surface area (TPSA) is 83.8 Å². The maximum absolute atomic E-state index is 15.6. The summed E-state index contributed by atoms with van der Waals surface area (Å²) in [5, 5.41) is 12.0. The summed E-state index contributed by atoms with van der Waals surface area (Å²) in [4.78, 5) is 25.2. The van der Waals surface area contributed by atoms with Crippen LogP contribution in [-0.2, 0) is 0 Å². The van der Waals surface area contributed by atoms with Gasteiger partial charge in [-0.2, -0.15) is 0 Å². The molecule has 156 valence electrons. The van der Waals surface area contributed by atoms with Crippen molar-refractivity contribution in [2.75, 3.05) is 24.5 Å². The van der Waals surface area contributed by atoms with E-state index in [4.69, 9.17) is 5.11 Å². The maximum atomic E-state index is 15.6. The minimum atomic E-state index is -1.65. The fraction of sp³-hybridized carbons (Fsp3) is 0.500. The lowest BCUT2D eigenvalue weighted by molar-refractivity contribution is 0.143. The van der Waals surface area contributed by atoms with Gasteiger partial charge in [0.15, 0.2) is 11.6 Å². The van der Waals surface area contributed by atoms with Gasteiger partial charge in [-0.25, -0.2) is 13.6 Å². The van der Waals surface area contributed by atoms with E-state index in [2.05, 4.69) is 17.0 Å². The summed E-state index contributed by atoms with van der Waals surface area (Å²) in [6.07, 6.45) is 2.96. The smallest absolute Gasteiger partial charge is 0.449 e. The molecule has 29 heavy (non-hydrogen) atoms. The average molecular weight is 407 g/mol. The summed E-state index contributed by atoms with van der Waals surface area (Å²) in [5.41, 5.74) is -0.981. The van der Waals surface area contributed by atoms with Gasteiger partial charge in [0.25, 0.3) is 0 Å². The Morgan fingerprint density at radius 2 is 2.14 bits per heavy atom. The summed E-state index contributed by atoms with van der Waals surface area (Å²) < 4.78 is 36.7. The van der Waals surface area contributed by atoms with Gasteiger partial charge in [-0.15, -0.1) is 0 Å². The third-order valence-corrected chi connectivity index (χ3v) is 5.50. The molecule has 0 radical (unpaired) electrons. The first-order valence-electron chi connectivity index (χ1n) is 9.86. The van der Waals surface area contributed by atoms with Gasteiger partial charge < -0.3 is 24.6 Å². The molecule has 1 aliphatic carbocycles. The predicted octanol–water partition coefficient (Wildman–Crippen LogP) is 3.25. The lowest BCUT2D eigenvalue weighted by Gasteiger charge is -2.35. The molecular formula is C20H23F2N3O4. The van der Waals surface area contributed by atoms with Gasteiger partial charge in [-0.1, -0.05) is 13.3 Å². The second-order valence-electron chi connectivity index (χ2n) is 7.63. The van der Waals surface area contributed by atoms with Crippen LogP contribution in [0.5, 0.6) is 5.75 Å². The summed E-state index contributed by atoms with van der Waals surface area (Å²) >= 11 is 0. The number of rotatable bonds is 5. The Hall–Kier alpha value is -2.68. The van der Waals surface area contributed by atoms with Crippen LogP contribution in [0.25, 0.3) is 10.9 Å². The Bertz CT molecular complexity index is 1020. The van der Waals surface area contributed by atoms with Crippen molar-refractivity contribution in [3.05, 3.63) is 34.1 Å². The minimum absolute atomic E-state index is 0.00258. The van der Waals surface area contributed by atoms with E-state index < -0.39 is 29.0 Å². The highest BCUT2D eigenvalue weighted by Gasteiger charge is 2.31. The van der Waals surface area contributed by atoms with E-state index in [9.17, 15) is 14.0 Å². The van der Waals surface area contributed by atoms with E-state index in [-0.39, 0.29) is 28.7 Å². The van der Waals surface area contributed by atoms with Crippen molar-refractivity contribution in [3.8, 4) is 5.75 Å². The van der Waals surface area contributed by atoms with E-state index in [1.807, 2.05) is 0 Å². The standard InChI is InChI=1S/C20H23F2N3O4/c1-2-3-11-9-24(7-6-23-11)18-14(21)8-13-17(16(18)22)25(12-4-5-12)10-15(19(13)26)29-20(27)28/h8,10-12,23H,2-7,9H2,1H3,(H,27,28). The quantitative estimate of drug-likeness (QED) is 0.741. The Kier molecular flexibility index (Phi) is 5.16. The number of ether oxygens (including phenoxy) is 1. The number of hydrogen-bond acceptors (Lipinski definition) is 5. The number of carbonyl (C=O) groups is 1. The largest absolute Gasteiger partial charge is 0.511 e. The molecule has 9 heteroatoms. The average Bonchev–Trinajstić information content (AvgIpc) is 3.50. The van der Waals surface area contributed by atoms with Crippen molar-refractivity contribution in [2.24, 2.45) is 0 Å². The second kappa shape index (κ2) is 7.62. The number of aromatic nitrogens is 1. The molecule has 1 unspecified atom stereocenters. The van der Waals surface area contributed by atoms with E-state index in [0.717, 1.165) is 31.7 Å². The normalized spacial score (nSPS) is 19.6. The molecule has 1 saturated carbocycles. The molecule has 2 N–H and O–H groups in total. The Labute approximate surface area is 165 Å². The number of hydrogen-bond donors (Lipinski definition) is 2. The van der Waals surface area contributed by atoms with E-state index in [1.165, 1.54) is 10.8 Å². The van der Waals surface area contributed by atoms with Gasteiger partial charge in [0.2, 0.25) is 5.43 Å². The Morgan fingerprint density at radius 1 is 1.38 bits per heavy atom. The van der Waals surface area contributed by atoms with Crippen LogP contribution in [0, 0.1) is 11.6 Å². The highest BCUT2D eigenvalue weighted by molar-refractivity contribution is 5.86. The molecule has 1 aliphatic heterocycles. The SMILES string of the molecule is CCCC1CN(c2c(F)cc3c(=O)c(OC(=O)O)cn(C4CC4)c3c2F)CCN1. The summed E-state index contributed by atoms with van der Waals surface area (Å²) in [7, 11) is 0. The molecular weight excluding hydrogens is 384 g/mol. The van der Waals surface area contributed by atoms with Gasteiger partial charge in [-0.05, 0) is 25.3 Å². The predicted molar refractivity (Wildman–Crippen MR) is 104 cm³/mol. The third-order valence-electron chi connectivity index (χ3n) is 5.50. The number of anilines is 1. The Morgan fingerprint density at radius 3 is 2.79 bits per heavy atom. The van der Waals surface area contributed by atoms with Crippen molar-refractivity contribution in [2.45, 2.75) is 44.7 Å². The Balaban J connectivity index is 1.87. The highest BCUT2D eigenvalue weighted by atomic mass is 19.1. The van der Waals surface area contributed by atoms with Crippen LogP contribution in [0.15, 0.2) is 17.1 Å². The van der Waals surface area contributed by atoms with Crippen LogP contribution in [0.3, 0.4) is 0 Å². The van der Waals surface area contributed by atoms with Crippen LogP contribution >= 0.6 is 0 Å². The number of nitrogens with one attached hydrogen (secondary N) is 1. The molecule has 1 saturated heterocycles. The molecule has 2 aliphatic rings. The molecule has 2 heterocycles. The van der Waals surface area contributed by atoms with Crippen LogP contribution < -0.4 is 20.4 Å². The first-order valence-corrected chi connectivity index (χ1v) is 9.86. The van der Waals surface area contributed by atoms with Crippen molar-refractivity contribution in [3.63, 3.8) is 0 Å². The number of piperazine rings is 1. The van der Waals surface area contributed by atoms with E-state index in [1.54, 1.807) is 4.90 Å². The monoisotopic (exact) mass is 407 g/mol. The lowest BCUT2D eigenvalue weighted by Crippen LogP contribution is -2.51. The zero-order chi connectivity index (χ0) is 20.7. The number of fused-ring (bicyclic) bond motifs is 1. The van der Waals surface area contributed by atoms with Crippen LogP contribution in [0.1, 0.15) is 38.6 Å². The van der Waals surface area contributed by atoms with Crippen molar-refractivity contribution >= 4 is 22.7 Å². The van der Waals surface area contributed by atoms with Gasteiger partial charge in [-0.3, -0.25) is 4.79 Å². The summed E-state index contributed by atoms with van der Waals surface area (Å²) in [6, 6.07) is 1.07. The maximum Gasteiger partial charge on any atom is 0.511 e. The molecule has 1 atom stereocenters. The highest BCUT2D eigenvalue weighted by Crippen LogP contribution is 2.40. The van der Waals surface area contributed by atoms with Crippen LogP contribution in [0.4, 0.5) is 19.3 Å². The summed E-state index contributed by atoms with van der Waals surface area (Å²) in [6.45, 7) is 3.60. The van der Waals surface area contributed by atoms with Gasteiger partial charge in [0, 0.05) is 31.7 Å². The molecule has 1 aromatic carbocycles. The number of nitrogens with zero attached hydrogens (tertiary/aromatic N) is 2. The second-order valence-corrected chi connectivity index (χ2v) is 7.63. The van der Waals surface area contributed by atoms with E-state index in [0.29, 0.717) is 19.6 Å². The van der Waals surface area contributed by atoms with Gasteiger partial charge in [0.1, 0.15) is 11.5 Å². The number of halogens is 2. The molecule has 2 fully saturated rings. The van der Waals surface area contributed by atoms with Crippen LogP contribution in [0.2, 0.25) is 0 Å².